The minimum atomic E-state index is -2.48. The Morgan fingerprint density at radius 1 is 0.255 bits per heavy atom. The molecule has 0 N–H and O–H groups in total. The third kappa shape index (κ3) is 10.4. The van der Waals surface area contributed by atoms with E-state index < -0.39 is 8.07 Å². The first-order chi connectivity index (χ1) is 26.3. The molecule has 288 valence electrons. The highest BCUT2D eigenvalue weighted by atomic mass is 28.3. The second-order valence-corrected chi connectivity index (χ2v) is 20.6. The van der Waals surface area contributed by atoms with Crippen LogP contribution < -0.4 is 20.7 Å². The first kappa shape index (κ1) is 43.3. The lowest BCUT2D eigenvalue weighted by Gasteiger charge is -2.37. The molecule has 6 rings (SSSR count). The van der Waals surface area contributed by atoms with Crippen LogP contribution in [0.1, 0.15) is 152 Å². The molecule has 0 aliphatic carbocycles. The van der Waals surface area contributed by atoms with Gasteiger partial charge in [-0.1, -0.05) is 241 Å². The average molecular weight is 745 g/mol. The Bertz CT molecular complexity index is 1790. The third-order valence-electron chi connectivity index (χ3n) is 10.8. The summed E-state index contributed by atoms with van der Waals surface area (Å²) in [5.41, 5.74) is 8.98. The summed E-state index contributed by atoms with van der Waals surface area (Å²) in [5.74, 6) is 3.52. The zero-order chi connectivity index (χ0) is 40.1. The van der Waals surface area contributed by atoms with Gasteiger partial charge in [0, 0.05) is 0 Å². The van der Waals surface area contributed by atoms with E-state index in [1.807, 2.05) is 0 Å². The molecule has 0 heterocycles. The van der Waals surface area contributed by atoms with Crippen LogP contribution in [0, 0.1) is 0 Å². The van der Waals surface area contributed by atoms with Gasteiger partial charge in [0.05, 0.1) is 0 Å². The molecule has 0 radical (unpaired) electrons. The SMILES string of the molecule is CC(C)c1cccc([Si](c2ccccc2)(c2ccccc2)c2ccccc2)c1C(C)C.CC(C)c1ccccc1C(C)C.CC(C)c1ccccc1C(C)C. The van der Waals surface area contributed by atoms with Crippen LogP contribution in [0.3, 0.4) is 0 Å². The van der Waals surface area contributed by atoms with Gasteiger partial charge in [0.25, 0.3) is 0 Å². The summed E-state index contributed by atoms with van der Waals surface area (Å²) in [4.78, 5) is 0. The highest BCUT2D eigenvalue weighted by molar-refractivity contribution is 7.20. The molecule has 0 aliphatic rings. The van der Waals surface area contributed by atoms with E-state index in [9.17, 15) is 0 Å². The molecule has 0 nitrogen and oxygen atoms in total. The number of rotatable bonds is 10. The van der Waals surface area contributed by atoms with E-state index in [1.165, 1.54) is 54.1 Å². The third-order valence-corrected chi connectivity index (χ3v) is 15.7. The maximum atomic E-state index is 2.42. The van der Waals surface area contributed by atoms with Gasteiger partial charge in [0.1, 0.15) is 0 Å². The summed E-state index contributed by atoms with van der Waals surface area (Å²) >= 11 is 0. The van der Waals surface area contributed by atoms with Gasteiger partial charge >= 0.3 is 0 Å². The molecule has 0 unspecified atom stereocenters. The van der Waals surface area contributed by atoms with Crippen LogP contribution in [-0.2, 0) is 0 Å². The molecule has 0 saturated heterocycles. The molecule has 0 spiro atoms. The highest BCUT2D eigenvalue weighted by Crippen LogP contribution is 2.28. The van der Waals surface area contributed by atoms with Crippen molar-refractivity contribution in [2.24, 2.45) is 0 Å². The monoisotopic (exact) mass is 745 g/mol. The lowest BCUT2D eigenvalue weighted by atomic mass is 9.90. The summed E-state index contributed by atoms with van der Waals surface area (Å²) in [7, 11) is -2.48. The van der Waals surface area contributed by atoms with Crippen LogP contribution in [0.5, 0.6) is 0 Å². The summed E-state index contributed by atoms with van der Waals surface area (Å²) in [6, 6.07) is 58.1. The van der Waals surface area contributed by atoms with E-state index in [2.05, 4.69) is 241 Å². The molecule has 1 heteroatoms. The van der Waals surface area contributed by atoms with Crippen molar-refractivity contribution in [3.63, 3.8) is 0 Å². The fraction of sp³-hybridized carbons (Fsp3) is 0.333. The second kappa shape index (κ2) is 20.5. The summed E-state index contributed by atoms with van der Waals surface area (Å²) in [5, 5.41) is 5.85. The van der Waals surface area contributed by atoms with Crippen molar-refractivity contribution in [2.75, 3.05) is 0 Å². The van der Waals surface area contributed by atoms with Crippen molar-refractivity contribution in [3.05, 3.63) is 191 Å². The predicted molar refractivity (Wildman–Crippen MR) is 247 cm³/mol. The zero-order valence-corrected chi connectivity index (χ0v) is 37.0. The van der Waals surface area contributed by atoms with Crippen molar-refractivity contribution >= 4 is 28.8 Å². The summed E-state index contributed by atoms with van der Waals surface area (Å²) < 4.78 is 0. The topological polar surface area (TPSA) is 0 Å². The minimum Gasteiger partial charge on any atom is -0.0623 e. The quantitative estimate of drug-likeness (QED) is 0.0968. The predicted octanol–water partition coefficient (Wildman–Crippen LogP) is 13.2. The number of hydrogen-bond acceptors (Lipinski definition) is 0. The van der Waals surface area contributed by atoms with Crippen LogP contribution in [-0.4, -0.2) is 8.07 Å². The molecule has 0 fully saturated rings. The molecule has 0 atom stereocenters. The Hall–Kier alpha value is -4.46. The second-order valence-electron chi connectivity index (χ2n) is 16.8. The van der Waals surface area contributed by atoms with E-state index in [-0.39, 0.29) is 0 Å². The van der Waals surface area contributed by atoms with E-state index in [0.717, 1.165) is 0 Å². The maximum Gasteiger partial charge on any atom is 0.179 e. The summed E-state index contributed by atoms with van der Waals surface area (Å²) in [6.07, 6.45) is 0. The van der Waals surface area contributed by atoms with Crippen LogP contribution >= 0.6 is 0 Å². The van der Waals surface area contributed by atoms with Crippen molar-refractivity contribution in [1.29, 1.82) is 0 Å². The molecule has 0 aromatic heterocycles. The van der Waals surface area contributed by atoms with Gasteiger partial charge in [-0.15, -0.1) is 0 Å². The van der Waals surface area contributed by atoms with Gasteiger partial charge in [0.15, 0.2) is 8.07 Å². The largest absolute Gasteiger partial charge is 0.179 e. The van der Waals surface area contributed by atoms with Crippen molar-refractivity contribution in [2.45, 2.75) is 119 Å². The van der Waals surface area contributed by atoms with E-state index in [1.54, 1.807) is 0 Å². The molecular formula is C54H68Si. The molecule has 0 aliphatic heterocycles. The lowest BCUT2D eigenvalue weighted by molar-refractivity contribution is 0.790. The molecule has 0 bridgehead atoms. The minimum absolute atomic E-state index is 0.455. The first-order valence-corrected chi connectivity index (χ1v) is 22.8. The van der Waals surface area contributed by atoms with Crippen molar-refractivity contribution < 1.29 is 0 Å². The van der Waals surface area contributed by atoms with Crippen LogP contribution in [0.25, 0.3) is 0 Å². The van der Waals surface area contributed by atoms with Crippen LogP contribution in [0.2, 0.25) is 0 Å². The number of benzene rings is 6. The summed E-state index contributed by atoms with van der Waals surface area (Å²) in [6.45, 7) is 27.4. The Kier molecular flexibility index (Phi) is 16.1. The molecule has 6 aromatic carbocycles. The van der Waals surface area contributed by atoms with Crippen molar-refractivity contribution in [1.82, 2.24) is 0 Å². The van der Waals surface area contributed by atoms with Gasteiger partial charge in [-0.2, -0.15) is 0 Å². The van der Waals surface area contributed by atoms with Gasteiger partial charge < -0.3 is 0 Å². The average Bonchev–Trinajstić information content (AvgIpc) is 3.19. The van der Waals surface area contributed by atoms with Crippen LogP contribution in [0.4, 0.5) is 0 Å². The Balaban J connectivity index is 0.000000229. The van der Waals surface area contributed by atoms with Gasteiger partial charge in [-0.3, -0.25) is 0 Å². The van der Waals surface area contributed by atoms with Gasteiger partial charge in [0.2, 0.25) is 0 Å². The zero-order valence-electron chi connectivity index (χ0n) is 36.0. The van der Waals surface area contributed by atoms with E-state index in [0.29, 0.717) is 35.5 Å². The number of hydrogen-bond donors (Lipinski definition) is 0. The van der Waals surface area contributed by atoms with E-state index >= 15 is 0 Å². The Morgan fingerprint density at radius 3 is 0.764 bits per heavy atom. The first-order valence-electron chi connectivity index (χ1n) is 20.8. The fourth-order valence-corrected chi connectivity index (χ4v) is 13.4. The molecule has 0 amide bonds. The fourth-order valence-electron chi connectivity index (χ4n) is 8.21. The van der Waals surface area contributed by atoms with Crippen LogP contribution in [0.15, 0.2) is 158 Å². The smallest absolute Gasteiger partial charge is 0.0623 e. The lowest BCUT2D eigenvalue weighted by Crippen LogP contribution is -2.75. The molecule has 6 aromatic rings. The molecular weight excluding hydrogens is 677 g/mol. The van der Waals surface area contributed by atoms with Crippen molar-refractivity contribution in [3.8, 4) is 0 Å². The highest BCUT2D eigenvalue weighted by Gasteiger charge is 2.43. The van der Waals surface area contributed by atoms with E-state index in [4.69, 9.17) is 0 Å². The Morgan fingerprint density at radius 2 is 0.509 bits per heavy atom. The standard InChI is InChI=1S/C30H32Si.2C12H18/c1-23(2)28-21-14-22-29(30(28)24(3)4)31(25-15-8-5-9-16-25,26-17-10-6-11-18-26)27-19-12-7-13-20-27;2*1-9(2)11-7-5-6-8-12(11)10(3)4/h5-24H,1-4H3;2*5-10H,1-4H3. The Labute approximate surface area is 337 Å². The van der Waals surface area contributed by atoms with Gasteiger partial charge in [-0.05, 0) is 89.6 Å². The van der Waals surface area contributed by atoms with Gasteiger partial charge in [-0.25, -0.2) is 0 Å². The maximum absolute atomic E-state index is 2.48. The molecule has 0 saturated carbocycles. The molecule has 55 heavy (non-hydrogen) atoms. The normalized spacial score (nSPS) is 11.5.